The van der Waals surface area contributed by atoms with Crippen molar-refractivity contribution in [3.63, 3.8) is 0 Å². The first-order valence-corrected chi connectivity index (χ1v) is 8.43. The maximum atomic E-state index is 12.4. The van der Waals surface area contributed by atoms with Gasteiger partial charge < -0.3 is 20.9 Å². The van der Waals surface area contributed by atoms with E-state index in [0.717, 1.165) is 0 Å². The molecule has 8 nitrogen and oxygen atoms in total. The number of carbonyl (C=O) groups is 3. The molecule has 0 aliphatic carbocycles. The molecule has 0 saturated carbocycles. The normalized spacial score (nSPS) is 10.4. The second-order valence-electron chi connectivity index (χ2n) is 6.20. The molecule has 8 heteroatoms. The van der Waals surface area contributed by atoms with Crippen LogP contribution in [-0.2, 0) is 4.79 Å². The lowest BCUT2D eigenvalue weighted by atomic mass is 10.2. The zero-order valence-electron chi connectivity index (χ0n) is 15.6. The predicted molar refractivity (Wildman–Crippen MR) is 104 cm³/mol. The molecule has 0 bridgehead atoms. The minimum absolute atomic E-state index is 0.167. The molecule has 1 aromatic carbocycles. The Morgan fingerprint density at radius 3 is 2.19 bits per heavy atom. The molecule has 0 aliphatic heterocycles. The molecule has 0 fully saturated rings. The van der Waals surface area contributed by atoms with Crippen molar-refractivity contribution >= 4 is 29.1 Å². The van der Waals surface area contributed by atoms with E-state index in [0.29, 0.717) is 30.0 Å². The van der Waals surface area contributed by atoms with Gasteiger partial charge in [-0.05, 0) is 50.5 Å². The molecular formula is C19H23N5O3. The summed E-state index contributed by atoms with van der Waals surface area (Å²) in [5.74, 6) is -0.849. The van der Waals surface area contributed by atoms with Gasteiger partial charge in [0.05, 0.1) is 0 Å². The van der Waals surface area contributed by atoms with E-state index in [1.807, 2.05) is 19.0 Å². The summed E-state index contributed by atoms with van der Waals surface area (Å²) < 4.78 is 0. The number of likely N-dealkylation sites (N-methyl/N-ethyl adjacent to an activating group) is 1. The number of carbonyl (C=O) groups excluding carboxylic acids is 3. The third kappa shape index (κ3) is 6.52. The van der Waals surface area contributed by atoms with Gasteiger partial charge in [0, 0.05) is 43.1 Å². The zero-order valence-corrected chi connectivity index (χ0v) is 15.6. The van der Waals surface area contributed by atoms with Crippen molar-refractivity contribution in [3.05, 3.63) is 53.9 Å². The zero-order chi connectivity index (χ0) is 19.8. The van der Waals surface area contributed by atoms with Crippen molar-refractivity contribution in [1.82, 2.24) is 15.2 Å². The van der Waals surface area contributed by atoms with Crippen LogP contribution in [0.5, 0.6) is 0 Å². The van der Waals surface area contributed by atoms with E-state index >= 15 is 0 Å². The van der Waals surface area contributed by atoms with Gasteiger partial charge in [-0.2, -0.15) is 0 Å². The summed E-state index contributed by atoms with van der Waals surface area (Å²) in [6.07, 6.45) is 1.43. The average molecular weight is 369 g/mol. The third-order valence-electron chi connectivity index (χ3n) is 3.56. The number of pyridine rings is 1. The number of hydrogen-bond donors (Lipinski definition) is 3. The molecule has 0 saturated heterocycles. The van der Waals surface area contributed by atoms with Crippen molar-refractivity contribution in [2.24, 2.45) is 0 Å². The minimum Gasteiger partial charge on any atom is -0.349 e. The summed E-state index contributed by atoms with van der Waals surface area (Å²) in [7, 11) is 3.83. The molecule has 2 rings (SSSR count). The Kier molecular flexibility index (Phi) is 7.01. The standard InChI is InChI=1S/C19H23N5O3/c1-13(25)22-15-4-6-16(7-5-15)23-18(26)14-8-9-20-17(12-14)19(27)21-10-11-24(2)3/h4-9,12H,10-11H2,1-3H3,(H,21,27)(H,22,25)(H,23,26). The summed E-state index contributed by atoms with van der Waals surface area (Å²) in [6.45, 7) is 2.62. The first kappa shape index (κ1) is 20.1. The van der Waals surface area contributed by atoms with Crippen molar-refractivity contribution in [2.45, 2.75) is 6.92 Å². The van der Waals surface area contributed by atoms with Gasteiger partial charge in [-0.3, -0.25) is 19.4 Å². The molecule has 27 heavy (non-hydrogen) atoms. The summed E-state index contributed by atoms with van der Waals surface area (Å²) in [4.78, 5) is 41.5. The minimum atomic E-state index is -0.355. The van der Waals surface area contributed by atoms with Crippen molar-refractivity contribution in [2.75, 3.05) is 37.8 Å². The Labute approximate surface area is 158 Å². The molecule has 142 valence electrons. The van der Waals surface area contributed by atoms with Crippen LogP contribution < -0.4 is 16.0 Å². The van der Waals surface area contributed by atoms with Crippen LogP contribution in [0, 0.1) is 0 Å². The molecule has 3 amide bonds. The molecule has 0 radical (unpaired) electrons. The van der Waals surface area contributed by atoms with E-state index in [1.165, 1.54) is 25.3 Å². The quantitative estimate of drug-likeness (QED) is 0.688. The van der Waals surface area contributed by atoms with Gasteiger partial charge in [-0.15, -0.1) is 0 Å². The van der Waals surface area contributed by atoms with Gasteiger partial charge in [0.15, 0.2) is 0 Å². The molecule has 0 spiro atoms. The smallest absolute Gasteiger partial charge is 0.269 e. The molecule has 1 aromatic heterocycles. The van der Waals surface area contributed by atoms with E-state index < -0.39 is 0 Å². The highest BCUT2D eigenvalue weighted by atomic mass is 16.2. The number of hydrogen-bond acceptors (Lipinski definition) is 5. The Hall–Kier alpha value is -3.26. The van der Waals surface area contributed by atoms with Crippen molar-refractivity contribution < 1.29 is 14.4 Å². The fourth-order valence-corrected chi connectivity index (χ4v) is 2.22. The number of anilines is 2. The maximum Gasteiger partial charge on any atom is 0.269 e. The van der Waals surface area contributed by atoms with Gasteiger partial charge >= 0.3 is 0 Å². The number of aromatic nitrogens is 1. The van der Waals surface area contributed by atoms with Crippen LogP contribution in [0.3, 0.4) is 0 Å². The number of nitrogens with zero attached hydrogens (tertiary/aromatic N) is 2. The van der Waals surface area contributed by atoms with Gasteiger partial charge in [0.25, 0.3) is 11.8 Å². The molecule has 3 N–H and O–H groups in total. The van der Waals surface area contributed by atoms with Crippen LogP contribution >= 0.6 is 0 Å². The second kappa shape index (κ2) is 9.44. The van der Waals surface area contributed by atoms with E-state index in [4.69, 9.17) is 0 Å². The Morgan fingerprint density at radius 1 is 0.963 bits per heavy atom. The second-order valence-corrected chi connectivity index (χ2v) is 6.20. The SMILES string of the molecule is CC(=O)Nc1ccc(NC(=O)c2ccnc(C(=O)NCCN(C)C)c2)cc1. The lowest BCUT2D eigenvalue weighted by Crippen LogP contribution is -2.32. The van der Waals surface area contributed by atoms with E-state index in [2.05, 4.69) is 20.9 Å². The summed E-state index contributed by atoms with van der Waals surface area (Å²) in [6, 6.07) is 9.72. The summed E-state index contributed by atoms with van der Waals surface area (Å²) in [5.41, 5.74) is 1.72. The van der Waals surface area contributed by atoms with E-state index in [1.54, 1.807) is 24.3 Å². The predicted octanol–water partition coefficient (Wildman–Crippen LogP) is 1.58. The van der Waals surface area contributed by atoms with Gasteiger partial charge in [-0.25, -0.2) is 0 Å². The van der Waals surface area contributed by atoms with E-state index in [-0.39, 0.29) is 23.4 Å². The van der Waals surface area contributed by atoms with Crippen LogP contribution in [0.4, 0.5) is 11.4 Å². The molecule has 0 unspecified atom stereocenters. The van der Waals surface area contributed by atoms with Crippen LogP contribution in [0.1, 0.15) is 27.8 Å². The first-order chi connectivity index (χ1) is 12.8. The summed E-state index contributed by atoms with van der Waals surface area (Å²) >= 11 is 0. The lowest BCUT2D eigenvalue weighted by molar-refractivity contribution is -0.114. The topological polar surface area (TPSA) is 103 Å². The fraction of sp³-hybridized carbons (Fsp3) is 0.263. The van der Waals surface area contributed by atoms with Gasteiger partial charge in [0.2, 0.25) is 5.91 Å². The van der Waals surface area contributed by atoms with Crippen LogP contribution in [0.25, 0.3) is 0 Å². The highest BCUT2D eigenvalue weighted by molar-refractivity contribution is 6.05. The van der Waals surface area contributed by atoms with E-state index in [9.17, 15) is 14.4 Å². The molecule has 0 aliphatic rings. The van der Waals surface area contributed by atoms with Crippen molar-refractivity contribution in [1.29, 1.82) is 0 Å². The molecule has 0 atom stereocenters. The van der Waals surface area contributed by atoms with Crippen LogP contribution in [0.2, 0.25) is 0 Å². The Morgan fingerprint density at radius 2 is 1.59 bits per heavy atom. The van der Waals surface area contributed by atoms with Crippen LogP contribution in [-0.4, -0.2) is 54.8 Å². The first-order valence-electron chi connectivity index (χ1n) is 8.43. The Bertz CT molecular complexity index is 818. The number of nitrogens with one attached hydrogen (secondary N) is 3. The summed E-state index contributed by atoms with van der Waals surface area (Å²) in [5, 5.41) is 8.16. The maximum absolute atomic E-state index is 12.4. The van der Waals surface area contributed by atoms with Gasteiger partial charge in [0.1, 0.15) is 5.69 Å². The fourth-order valence-electron chi connectivity index (χ4n) is 2.22. The molecular weight excluding hydrogens is 346 g/mol. The molecule has 2 aromatic rings. The van der Waals surface area contributed by atoms with Crippen LogP contribution in [0.15, 0.2) is 42.6 Å². The number of benzene rings is 1. The number of rotatable bonds is 7. The lowest BCUT2D eigenvalue weighted by Gasteiger charge is -2.10. The highest BCUT2D eigenvalue weighted by Crippen LogP contribution is 2.15. The third-order valence-corrected chi connectivity index (χ3v) is 3.56. The molecule has 1 heterocycles. The largest absolute Gasteiger partial charge is 0.349 e. The van der Waals surface area contributed by atoms with Gasteiger partial charge in [-0.1, -0.05) is 0 Å². The Balaban J connectivity index is 2.00. The monoisotopic (exact) mass is 369 g/mol. The highest BCUT2D eigenvalue weighted by Gasteiger charge is 2.12. The average Bonchev–Trinajstić information content (AvgIpc) is 2.62. The van der Waals surface area contributed by atoms with Crippen molar-refractivity contribution in [3.8, 4) is 0 Å². The number of amides is 3.